The molecule has 0 saturated carbocycles. The summed E-state index contributed by atoms with van der Waals surface area (Å²) >= 11 is 6.14. The average molecular weight is 267 g/mol. The van der Waals surface area contributed by atoms with Crippen LogP contribution in [-0.4, -0.2) is 22.4 Å². The fourth-order valence-electron chi connectivity index (χ4n) is 1.91. The highest BCUT2D eigenvalue weighted by molar-refractivity contribution is 6.31. The van der Waals surface area contributed by atoms with Gasteiger partial charge in [-0.2, -0.15) is 0 Å². The molecule has 0 unspecified atom stereocenters. The summed E-state index contributed by atoms with van der Waals surface area (Å²) < 4.78 is 0. The maximum absolute atomic E-state index is 11.7. The molecule has 1 aromatic rings. The molecule has 0 spiro atoms. The summed E-state index contributed by atoms with van der Waals surface area (Å²) in [5, 5.41) is 2.92. The van der Waals surface area contributed by atoms with Gasteiger partial charge in [0.15, 0.2) is 0 Å². The van der Waals surface area contributed by atoms with E-state index in [1.165, 1.54) is 4.90 Å². The Labute approximate surface area is 111 Å². The Morgan fingerprint density at radius 3 is 2.50 bits per heavy atom. The number of carbonyl (C=O) groups excluding carboxylic acids is 2. The van der Waals surface area contributed by atoms with Crippen molar-refractivity contribution < 1.29 is 9.59 Å². The summed E-state index contributed by atoms with van der Waals surface area (Å²) in [6.07, 6.45) is 0. The molecule has 1 aliphatic heterocycles. The molecule has 1 N–H and O–H groups in total. The molecule has 0 bridgehead atoms. The van der Waals surface area contributed by atoms with Gasteiger partial charge in [0.25, 0.3) is 5.91 Å². The van der Waals surface area contributed by atoms with E-state index in [1.54, 1.807) is 13.8 Å². The Balaban J connectivity index is 2.28. The third kappa shape index (κ3) is 2.08. The van der Waals surface area contributed by atoms with Crippen LogP contribution in [0.1, 0.15) is 25.0 Å². The van der Waals surface area contributed by atoms with Gasteiger partial charge in [0.2, 0.25) is 0 Å². The minimum absolute atomic E-state index is 0.282. The van der Waals surface area contributed by atoms with Gasteiger partial charge in [0.05, 0.1) is 0 Å². The number of urea groups is 1. The summed E-state index contributed by atoms with van der Waals surface area (Å²) in [6.45, 7) is 5.71. The molecule has 0 aliphatic carbocycles. The second kappa shape index (κ2) is 4.28. The van der Waals surface area contributed by atoms with Crippen LogP contribution in [0, 0.1) is 6.92 Å². The van der Waals surface area contributed by atoms with Gasteiger partial charge < -0.3 is 4.90 Å². The lowest BCUT2D eigenvalue weighted by Crippen LogP contribution is -2.43. The molecular weight excluding hydrogens is 252 g/mol. The second-order valence-electron chi connectivity index (χ2n) is 5.00. The molecule has 18 heavy (non-hydrogen) atoms. The third-order valence-electron chi connectivity index (χ3n) is 3.23. The van der Waals surface area contributed by atoms with Gasteiger partial charge in [-0.15, -0.1) is 0 Å². The highest BCUT2D eigenvalue weighted by atomic mass is 35.5. The monoisotopic (exact) mass is 266 g/mol. The van der Waals surface area contributed by atoms with Gasteiger partial charge in [0, 0.05) is 11.6 Å². The lowest BCUT2D eigenvalue weighted by molar-refractivity contribution is -0.125. The zero-order chi connectivity index (χ0) is 13.5. The lowest BCUT2D eigenvalue weighted by atomic mass is 10.0. The zero-order valence-corrected chi connectivity index (χ0v) is 11.3. The summed E-state index contributed by atoms with van der Waals surface area (Å²) in [5.74, 6) is -0.282. The van der Waals surface area contributed by atoms with Crippen molar-refractivity contribution in [2.24, 2.45) is 0 Å². The number of amides is 3. The topological polar surface area (TPSA) is 49.4 Å². The summed E-state index contributed by atoms with van der Waals surface area (Å²) in [6, 6.07) is 5.29. The van der Waals surface area contributed by atoms with Crippen molar-refractivity contribution in [2.45, 2.75) is 32.9 Å². The van der Waals surface area contributed by atoms with E-state index in [2.05, 4.69) is 5.32 Å². The quantitative estimate of drug-likeness (QED) is 0.836. The Hall–Kier alpha value is -1.55. The predicted octanol–water partition coefficient (Wildman–Crippen LogP) is 2.48. The maximum Gasteiger partial charge on any atom is 0.325 e. The van der Waals surface area contributed by atoms with E-state index in [4.69, 9.17) is 11.6 Å². The molecule has 2 rings (SSSR count). The van der Waals surface area contributed by atoms with Crippen LogP contribution in [0.25, 0.3) is 0 Å². The van der Waals surface area contributed by atoms with E-state index in [-0.39, 0.29) is 11.9 Å². The predicted molar refractivity (Wildman–Crippen MR) is 69.3 cm³/mol. The number of rotatable bonds is 2. The molecular formula is C13H15ClN2O2. The van der Waals surface area contributed by atoms with Gasteiger partial charge in [-0.3, -0.25) is 10.1 Å². The Morgan fingerprint density at radius 1 is 1.33 bits per heavy atom. The Kier molecular flexibility index (Phi) is 3.07. The molecule has 0 atom stereocenters. The first-order valence-electron chi connectivity index (χ1n) is 5.70. The van der Waals surface area contributed by atoms with Crippen molar-refractivity contribution >= 4 is 23.5 Å². The minimum atomic E-state index is -0.842. The van der Waals surface area contributed by atoms with Crippen LogP contribution in [0.2, 0.25) is 5.02 Å². The maximum atomic E-state index is 11.7. The van der Waals surface area contributed by atoms with Crippen molar-refractivity contribution in [3.05, 3.63) is 34.3 Å². The van der Waals surface area contributed by atoms with Crippen molar-refractivity contribution in [3.63, 3.8) is 0 Å². The average Bonchev–Trinajstić information content (AvgIpc) is 2.44. The molecule has 1 aromatic carbocycles. The number of nitrogens with zero attached hydrogens (tertiary/aromatic N) is 1. The van der Waals surface area contributed by atoms with Gasteiger partial charge >= 0.3 is 6.03 Å². The molecule has 1 heterocycles. The number of aryl methyl sites for hydroxylation is 1. The van der Waals surface area contributed by atoms with Gasteiger partial charge in [-0.25, -0.2) is 4.79 Å². The molecule has 5 heteroatoms. The van der Waals surface area contributed by atoms with Crippen LogP contribution in [0.15, 0.2) is 18.2 Å². The summed E-state index contributed by atoms with van der Waals surface area (Å²) in [5.41, 5.74) is 1.05. The molecule has 1 aliphatic rings. The van der Waals surface area contributed by atoms with Gasteiger partial charge in [-0.05, 0) is 38.0 Å². The SMILES string of the molecule is Cc1ccc(CN2C(=O)NC(=O)C2(C)C)c(Cl)c1. The fourth-order valence-corrected chi connectivity index (χ4v) is 2.21. The van der Waals surface area contributed by atoms with Gasteiger partial charge in [0.1, 0.15) is 5.54 Å². The zero-order valence-electron chi connectivity index (χ0n) is 10.6. The molecule has 4 nitrogen and oxygen atoms in total. The smallest absolute Gasteiger partial charge is 0.306 e. The van der Waals surface area contributed by atoms with Crippen LogP contribution in [-0.2, 0) is 11.3 Å². The Morgan fingerprint density at radius 2 is 2.00 bits per heavy atom. The highest BCUT2D eigenvalue weighted by Gasteiger charge is 2.45. The van der Waals surface area contributed by atoms with E-state index < -0.39 is 5.54 Å². The fraction of sp³-hybridized carbons (Fsp3) is 0.385. The number of imide groups is 1. The summed E-state index contributed by atoms with van der Waals surface area (Å²) in [7, 11) is 0. The Bertz CT molecular complexity index is 526. The highest BCUT2D eigenvalue weighted by Crippen LogP contribution is 2.26. The third-order valence-corrected chi connectivity index (χ3v) is 3.58. The number of benzene rings is 1. The molecule has 3 amide bonds. The second-order valence-corrected chi connectivity index (χ2v) is 5.41. The van der Waals surface area contributed by atoms with Crippen molar-refractivity contribution in [2.75, 3.05) is 0 Å². The van der Waals surface area contributed by atoms with E-state index in [0.717, 1.165) is 11.1 Å². The largest absolute Gasteiger partial charge is 0.325 e. The number of carbonyl (C=O) groups is 2. The lowest BCUT2D eigenvalue weighted by Gasteiger charge is -2.28. The van der Waals surface area contributed by atoms with Crippen molar-refractivity contribution in [1.29, 1.82) is 0 Å². The first kappa shape index (κ1) is 12.9. The number of hydrogen-bond acceptors (Lipinski definition) is 2. The molecule has 1 fully saturated rings. The van der Waals surface area contributed by atoms with Crippen LogP contribution in [0.5, 0.6) is 0 Å². The van der Waals surface area contributed by atoms with Crippen LogP contribution in [0.4, 0.5) is 4.79 Å². The van der Waals surface area contributed by atoms with E-state index >= 15 is 0 Å². The molecule has 0 radical (unpaired) electrons. The number of hydrogen-bond donors (Lipinski definition) is 1. The molecule has 0 aromatic heterocycles. The van der Waals surface area contributed by atoms with Crippen LogP contribution < -0.4 is 5.32 Å². The summed E-state index contributed by atoms with van der Waals surface area (Å²) in [4.78, 5) is 24.9. The van der Waals surface area contributed by atoms with E-state index in [1.807, 2.05) is 25.1 Å². The minimum Gasteiger partial charge on any atom is -0.306 e. The van der Waals surface area contributed by atoms with E-state index in [0.29, 0.717) is 11.6 Å². The number of halogens is 1. The number of nitrogens with one attached hydrogen (secondary N) is 1. The first-order valence-corrected chi connectivity index (χ1v) is 6.08. The van der Waals surface area contributed by atoms with Crippen LogP contribution >= 0.6 is 11.6 Å². The van der Waals surface area contributed by atoms with Crippen LogP contribution in [0.3, 0.4) is 0 Å². The standard InChI is InChI=1S/C13H15ClN2O2/c1-8-4-5-9(10(14)6-8)7-16-12(18)15-11(17)13(16,2)3/h4-6H,7H2,1-3H3,(H,15,17,18). The normalized spacial score (nSPS) is 18.1. The van der Waals surface area contributed by atoms with Crippen molar-refractivity contribution in [1.82, 2.24) is 10.2 Å². The first-order chi connectivity index (χ1) is 8.32. The van der Waals surface area contributed by atoms with Gasteiger partial charge in [-0.1, -0.05) is 23.7 Å². The van der Waals surface area contributed by atoms with Crippen molar-refractivity contribution in [3.8, 4) is 0 Å². The molecule has 96 valence electrons. The van der Waals surface area contributed by atoms with E-state index in [9.17, 15) is 9.59 Å². The molecule has 1 saturated heterocycles.